The van der Waals surface area contributed by atoms with Crippen molar-refractivity contribution in [2.24, 2.45) is 11.7 Å². The van der Waals surface area contributed by atoms with Crippen LogP contribution in [0.2, 0.25) is 0 Å². The number of Topliss-reactive ketones (excluding diaryl/α,β-unsaturated/α-hetero) is 1. The van der Waals surface area contributed by atoms with Crippen LogP contribution in [-0.2, 0) is 4.79 Å². The summed E-state index contributed by atoms with van der Waals surface area (Å²) in [5.74, 6) is 0.423. The summed E-state index contributed by atoms with van der Waals surface area (Å²) in [6, 6.07) is 5.83. The topological polar surface area (TPSA) is 72.2 Å². The van der Waals surface area contributed by atoms with E-state index in [2.05, 4.69) is 5.32 Å². The van der Waals surface area contributed by atoms with Crippen LogP contribution in [0.5, 0.6) is 0 Å². The number of rotatable bonds is 7. The van der Waals surface area contributed by atoms with Crippen LogP contribution >= 0.6 is 0 Å². The largest absolute Gasteiger partial charge is 0.349 e. The third-order valence-electron chi connectivity index (χ3n) is 4.60. The number of carbonyl (C=O) groups excluding carboxylic acids is 2. The van der Waals surface area contributed by atoms with Gasteiger partial charge in [0.25, 0.3) is 0 Å². The number of benzene rings is 1. The fourth-order valence-corrected chi connectivity index (χ4v) is 2.82. The van der Waals surface area contributed by atoms with Crippen LogP contribution in [0, 0.1) is 19.8 Å². The lowest BCUT2D eigenvalue weighted by Crippen LogP contribution is -2.53. The molecule has 0 heterocycles. The SMILES string of the molecule is Cc1ccc(C)c(C(=O)CCC(=O)NC(C)(CN)C2CC2)c1. The molecule has 1 unspecified atom stereocenters. The Morgan fingerprint density at radius 2 is 1.95 bits per heavy atom. The molecule has 120 valence electrons. The van der Waals surface area contributed by atoms with Gasteiger partial charge in [-0.15, -0.1) is 0 Å². The molecule has 4 nitrogen and oxygen atoms in total. The first kappa shape index (κ1) is 16.7. The second-order valence-corrected chi connectivity index (χ2v) is 6.69. The lowest BCUT2D eigenvalue weighted by molar-refractivity contribution is -0.123. The molecular formula is C18H26N2O2. The summed E-state index contributed by atoms with van der Waals surface area (Å²) in [5.41, 5.74) is 8.21. The number of aryl methyl sites for hydroxylation is 2. The van der Waals surface area contributed by atoms with Gasteiger partial charge in [0.05, 0.1) is 5.54 Å². The second kappa shape index (κ2) is 6.61. The van der Waals surface area contributed by atoms with Crippen LogP contribution in [-0.4, -0.2) is 23.8 Å². The average Bonchev–Trinajstić information content (AvgIpc) is 3.32. The molecule has 2 rings (SSSR count). The van der Waals surface area contributed by atoms with Crippen molar-refractivity contribution in [2.75, 3.05) is 6.54 Å². The van der Waals surface area contributed by atoms with Crippen LogP contribution < -0.4 is 11.1 Å². The summed E-state index contributed by atoms with van der Waals surface area (Å²) in [6.45, 7) is 6.32. The zero-order chi connectivity index (χ0) is 16.3. The van der Waals surface area contributed by atoms with Gasteiger partial charge in [0.1, 0.15) is 0 Å². The molecule has 3 N–H and O–H groups in total. The highest BCUT2D eigenvalue weighted by atomic mass is 16.2. The Labute approximate surface area is 132 Å². The number of amides is 1. The molecule has 0 aromatic heterocycles. The molecule has 1 saturated carbocycles. The van der Waals surface area contributed by atoms with Gasteiger partial charge in [-0.1, -0.05) is 17.7 Å². The van der Waals surface area contributed by atoms with Crippen LogP contribution in [0.25, 0.3) is 0 Å². The van der Waals surface area contributed by atoms with Gasteiger partial charge < -0.3 is 11.1 Å². The summed E-state index contributed by atoms with van der Waals surface area (Å²) in [4.78, 5) is 24.4. The standard InChI is InChI=1S/C18H26N2O2/c1-12-4-5-13(2)15(10-12)16(21)8-9-17(22)20-18(3,11-19)14-6-7-14/h4-5,10,14H,6-9,11,19H2,1-3H3,(H,20,22). The Morgan fingerprint density at radius 1 is 1.27 bits per heavy atom. The lowest BCUT2D eigenvalue weighted by Gasteiger charge is -2.29. The van der Waals surface area contributed by atoms with Gasteiger partial charge >= 0.3 is 0 Å². The van der Waals surface area contributed by atoms with E-state index in [1.807, 2.05) is 39.0 Å². The zero-order valence-electron chi connectivity index (χ0n) is 13.7. The van der Waals surface area contributed by atoms with Gasteiger partial charge in [-0.3, -0.25) is 9.59 Å². The third kappa shape index (κ3) is 3.95. The predicted molar refractivity (Wildman–Crippen MR) is 87.8 cm³/mol. The van der Waals surface area contributed by atoms with Gasteiger partial charge in [0.2, 0.25) is 5.91 Å². The minimum absolute atomic E-state index is 0.0252. The summed E-state index contributed by atoms with van der Waals surface area (Å²) in [5, 5.41) is 3.02. The monoisotopic (exact) mass is 302 g/mol. The fraction of sp³-hybridized carbons (Fsp3) is 0.556. The molecule has 1 aromatic carbocycles. The van der Waals surface area contributed by atoms with Gasteiger partial charge in [-0.05, 0) is 51.2 Å². The lowest BCUT2D eigenvalue weighted by atomic mass is 9.95. The number of nitrogens with two attached hydrogens (primary N) is 1. The molecular weight excluding hydrogens is 276 g/mol. The van der Waals surface area contributed by atoms with Crippen LogP contribution in [0.3, 0.4) is 0 Å². The Hall–Kier alpha value is -1.68. The summed E-state index contributed by atoms with van der Waals surface area (Å²) >= 11 is 0. The Kier molecular flexibility index (Phi) is 5.01. The van der Waals surface area contributed by atoms with Gasteiger partial charge in [-0.25, -0.2) is 0 Å². The Balaban J connectivity index is 1.90. The van der Waals surface area contributed by atoms with Crippen LogP contribution in [0.4, 0.5) is 0 Å². The average molecular weight is 302 g/mol. The third-order valence-corrected chi connectivity index (χ3v) is 4.60. The minimum atomic E-state index is -0.320. The molecule has 0 aliphatic heterocycles. The molecule has 4 heteroatoms. The summed E-state index contributed by atoms with van der Waals surface area (Å²) < 4.78 is 0. The molecule has 0 bridgehead atoms. The van der Waals surface area contributed by atoms with E-state index < -0.39 is 0 Å². The Morgan fingerprint density at radius 3 is 2.55 bits per heavy atom. The first-order chi connectivity index (χ1) is 10.4. The molecule has 22 heavy (non-hydrogen) atoms. The van der Waals surface area contributed by atoms with E-state index in [9.17, 15) is 9.59 Å². The number of hydrogen-bond donors (Lipinski definition) is 2. The van der Waals surface area contributed by atoms with E-state index in [4.69, 9.17) is 5.73 Å². The number of carbonyl (C=O) groups is 2. The predicted octanol–water partition coefficient (Wildman–Crippen LogP) is 2.51. The van der Waals surface area contributed by atoms with Crippen molar-refractivity contribution in [2.45, 2.75) is 52.0 Å². The molecule has 1 amide bonds. The van der Waals surface area contributed by atoms with Crippen molar-refractivity contribution >= 4 is 11.7 Å². The van der Waals surface area contributed by atoms with Gasteiger partial charge in [0, 0.05) is 24.9 Å². The fourth-order valence-electron chi connectivity index (χ4n) is 2.82. The van der Waals surface area contributed by atoms with Crippen molar-refractivity contribution in [1.29, 1.82) is 0 Å². The van der Waals surface area contributed by atoms with E-state index in [0.717, 1.165) is 29.5 Å². The van der Waals surface area contributed by atoms with Crippen molar-refractivity contribution in [3.05, 3.63) is 34.9 Å². The maximum absolute atomic E-state index is 12.3. The minimum Gasteiger partial charge on any atom is -0.349 e. The van der Waals surface area contributed by atoms with Crippen molar-refractivity contribution < 1.29 is 9.59 Å². The van der Waals surface area contributed by atoms with E-state index in [1.165, 1.54) is 0 Å². The number of ketones is 1. The van der Waals surface area contributed by atoms with E-state index in [1.54, 1.807) is 0 Å². The molecule has 1 aliphatic rings. The highest BCUT2D eigenvalue weighted by Crippen LogP contribution is 2.39. The summed E-state index contributed by atoms with van der Waals surface area (Å²) in [7, 11) is 0. The molecule has 0 radical (unpaired) electrons. The van der Waals surface area contributed by atoms with Gasteiger partial charge in [0.15, 0.2) is 5.78 Å². The number of hydrogen-bond acceptors (Lipinski definition) is 3. The Bertz CT molecular complexity index is 578. The molecule has 1 aliphatic carbocycles. The first-order valence-electron chi connectivity index (χ1n) is 7.97. The second-order valence-electron chi connectivity index (χ2n) is 6.69. The quantitative estimate of drug-likeness (QED) is 0.760. The van der Waals surface area contributed by atoms with Crippen molar-refractivity contribution in [3.63, 3.8) is 0 Å². The normalized spacial score (nSPS) is 16.9. The highest BCUT2D eigenvalue weighted by Gasteiger charge is 2.41. The van der Waals surface area contributed by atoms with Crippen LogP contribution in [0.1, 0.15) is 54.1 Å². The van der Waals surface area contributed by atoms with Crippen molar-refractivity contribution in [1.82, 2.24) is 5.32 Å². The van der Waals surface area contributed by atoms with Crippen LogP contribution in [0.15, 0.2) is 18.2 Å². The summed E-state index contributed by atoms with van der Waals surface area (Å²) in [6.07, 6.45) is 2.70. The van der Waals surface area contributed by atoms with Crippen molar-refractivity contribution in [3.8, 4) is 0 Å². The van der Waals surface area contributed by atoms with E-state index in [0.29, 0.717) is 12.5 Å². The van der Waals surface area contributed by atoms with E-state index >= 15 is 0 Å². The maximum Gasteiger partial charge on any atom is 0.220 e. The van der Waals surface area contributed by atoms with Gasteiger partial charge in [-0.2, -0.15) is 0 Å². The zero-order valence-corrected chi connectivity index (χ0v) is 13.7. The first-order valence-corrected chi connectivity index (χ1v) is 7.97. The molecule has 0 saturated heterocycles. The molecule has 1 fully saturated rings. The molecule has 0 spiro atoms. The van der Waals surface area contributed by atoms with E-state index in [-0.39, 0.29) is 30.1 Å². The highest BCUT2D eigenvalue weighted by molar-refractivity contribution is 5.99. The molecule has 1 aromatic rings. The maximum atomic E-state index is 12.3. The number of nitrogens with one attached hydrogen (secondary N) is 1. The molecule has 1 atom stereocenters. The smallest absolute Gasteiger partial charge is 0.220 e.